The van der Waals surface area contributed by atoms with Gasteiger partial charge in [0.2, 0.25) is 0 Å². The maximum absolute atomic E-state index is 4.73. The third-order valence-corrected chi connectivity index (χ3v) is 4.26. The molecule has 0 amide bonds. The summed E-state index contributed by atoms with van der Waals surface area (Å²) in [7, 11) is 0. The lowest BCUT2D eigenvalue weighted by molar-refractivity contribution is 0.233. The normalized spacial score (nSPS) is 17.5. The molecule has 1 heterocycles. The number of rotatable bonds is 5. The van der Waals surface area contributed by atoms with Crippen LogP contribution in [-0.4, -0.2) is 35.8 Å². The maximum Gasteiger partial charge on any atom is 0.0235 e. The molecule has 3 heteroatoms. The second-order valence-corrected chi connectivity index (χ2v) is 10.1. The summed E-state index contributed by atoms with van der Waals surface area (Å²) in [6, 6.07) is 7.21. The van der Waals surface area contributed by atoms with Crippen molar-refractivity contribution in [1.82, 2.24) is 10.2 Å². The van der Waals surface area contributed by atoms with Crippen LogP contribution >= 0.6 is 12.6 Å². The Morgan fingerprint density at radius 2 is 1.43 bits per heavy atom. The molecule has 0 aliphatic carbocycles. The maximum atomic E-state index is 4.73. The summed E-state index contributed by atoms with van der Waals surface area (Å²) in [6.07, 6.45) is 2.14. The number of benzene rings is 1. The zero-order valence-electron chi connectivity index (χ0n) is 15.6. The van der Waals surface area contributed by atoms with Crippen molar-refractivity contribution >= 4 is 12.6 Å². The Kier molecular flexibility index (Phi) is 6.21. The molecule has 0 unspecified atom stereocenters. The molecule has 1 aromatic rings. The van der Waals surface area contributed by atoms with E-state index in [1.807, 2.05) is 0 Å². The summed E-state index contributed by atoms with van der Waals surface area (Å²) < 4.78 is 0.0344. The molecule has 2 rings (SSSR count). The van der Waals surface area contributed by atoms with Crippen molar-refractivity contribution in [3.05, 3.63) is 34.9 Å². The van der Waals surface area contributed by atoms with Crippen LogP contribution in [0.3, 0.4) is 0 Å². The minimum Gasteiger partial charge on any atom is -0.314 e. The molecule has 1 fully saturated rings. The number of nitrogens with zero attached hydrogens (tertiary/aromatic N) is 1. The fourth-order valence-corrected chi connectivity index (χ4v) is 3.56. The van der Waals surface area contributed by atoms with Crippen LogP contribution in [-0.2, 0) is 19.4 Å². The topological polar surface area (TPSA) is 15.3 Å². The summed E-state index contributed by atoms with van der Waals surface area (Å²) in [5, 5.41) is 3.43. The van der Waals surface area contributed by atoms with E-state index in [2.05, 4.69) is 63.0 Å². The standard InChI is InChI=1S/C20H34N2S/c1-19(2,3)13-16-10-17(14-20(4,5)23)12-18(11-16)15-22-8-6-21-7-9-22/h10-12,21,23H,6-9,13-15H2,1-5H3. The largest absolute Gasteiger partial charge is 0.314 e. The lowest BCUT2D eigenvalue weighted by Crippen LogP contribution is -2.42. The quantitative estimate of drug-likeness (QED) is 0.793. The van der Waals surface area contributed by atoms with E-state index in [-0.39, 0.29) is 4.75 Å². The van der Waals surface area contributed by atoms with E-state index >= 15 is 0 Å². The first-order valence-corrected chi connectivity index (χ1v) is 9.33. The molecule has 0 saturated carbocycles. The summed E-state index contributed by atoms with van der Waals surface area (Å²) in [4.78, 5) is 2.56. The Hall–Kier alpha value is -0.510. The van der Waals surface area contributed by atoms with Crippen LogP contribution in [0.4, 0.5) is 0 Å². The average Bonchev–Trinajstić information content (AvgIpc) is 2.35. The van der Waals surface area contributed by atoms with Crippen molar-refractivity contribution < 1.29 is 0 Å². The van der Waals surface area contributed by atoms with Crippen LogP contribution in [0.5, 0.6) is 0 Å². The van der Waals surface area contributed by atoms with E-state index in [0.29, 0.717) is 5.41 Å². The van der Waals surface area contributed by atoms with Crippen LogP contribution in [0, 0.1) is 5.41 Å². The number of hydrogen-bond acceptors (Lipinski definition) is 3. The third-order valence-electron chi connectivity index (χ3n) is 4.10. The van der Waals surface area contributed by atoms with E-state index in [4.69, 9.17) is 12.6 Å². The lowest BCUT2D eigenvalue weighted by Gasteiger charge is -2.28. The smallest absolute Gasteiger partial charge is 0.0235 e. The highest BCUT2D eigenvalue weighted by atomic mass is 32.1. The highest BCUT2D eigenvalue weighted by Crippen LogP contribution is 2.26. The zero-order valence-corrected chi connectivity index (χ0v) is 16.5. The van der Waals surface area contributed by atoms with Gasteiger partial charge in [-0.05, 0) is 34.9 Å². The minimum absolute atomic E-state index is 0.0344. The van der Waals surface area contributed by atoms with Crippen molar-refractivity contribution in [3.8, 4) is 0 Å². The van der Waals surface area contributed by atoms with Gasteiger partial charge in [-0.2, -0.15) is 12.6 Å². The van der Waals surface area contributed by atoms with Crippen LogP contribution in [0.15, 0.2) is 18.2 Å². The first-order chi connectivity index (χ1) is 10.6. The Balaban J connectivity index is 2.20. The molecule has 0 aromatic heterocycles. The van der Waals surface area contributed by atoms with Crippen molar-refractivity contribution in [2.24, 2.45) is 5.41 Å². The Labute approximate surface area is 148 Å². The van der Waals surface area contributed by atoms with Crippen molar-refractivity contribution in [2.75, 3.05) is 26.2 Å². The van der Waals surface area contributed by atoms with Crippen molar-refractivity contribution in [1.29, 1.82) is 0 Å². The second kappa shape index (κ2) is 7.58. The lowest BCUT2D eigenvalue weighted by atomic mass is 9.86. The molecule has 0 atom stereocenters. The molecule has 23 heavy (non-hydrogen) atoms. The van der Waals surface area contributed by atoms with Crippen molar-refractivity contribution in [2.45, 2.75) is 58.8 Å². The first-order valence-electron chi connectivity index (χ1n) is 8.88. The minimum atomic E-state index is 0.0344. The van der Waals surface area contributed by atoms with Gasteiger partial charge in [-0.1, -0.05) is 52.8 Å². The number of thiol groups is 1. The zero-order chi connectivity index (χ0) is 17.1. The second-order valence-electron chi connectivity index (χ2n) is 8.91. The summed E-state index contributed by atoms with van der Waals surface area (Å²) in [5.41, 5.74) is 4.68. The van der Waals surface area contributed by atoms with Gasteiger partial charge in [-0.3, -0.25) is 4.90 Å². The Bertz CT molecular complexity index is 471. The molecule has 0 radical (unpaired) electrons. The van der Waals surface area contributed by atoms with Gasteiger partial charge in [0, 0.05) is 37.5 Å². The van der Waals surface area contributed by atoms with E-state index in [0.717, 1.165) is 45.6 Å². The van der Waals surface area contributed by atoms with E-state index in [9.17, 15) is 0 Å². The van der Waals surface area contributed by atoms with Gasteiger partial charge in [-0.15, -0.1) is 0 Å². The molecule has 2 nitrogen and oxygen atoms in total. The molecular formula is C20H34N2S. The van der Waals surface area contributed by atoms with Crippen LogP contribution < -0.4 is 5.32 Å². The van der Waals surface area contributed by atoms with Gasteiger partial charge in [0.15, 0.2) is 0 Å². The van der Waals surface area contributed by atoms with Gasteiger partial charge in [-0.25, -0.2) is 0 Å². The molecular weight excluding hydrogens is 300 g/mol. The summed E-state index contributed by atoms with van der Waals surface area (Å²) in [5.74, 6) is 0. The molecule has 1 N–H and O–H groups in total. The fraction of sp³-hybridized carbons (Fsp3) is 0.700. The number of hydrogen-bond donors (Lipinski definition) is 2. The number of nitrogens with one attached hydrogen (secondary N) is 1. The van der Waals surface area contributed by atoms with E-state index in [1.54, 1.807) is 0 Å². The van der Waals surface area contributed by atoms with Gasteiger partial charge >= 0.3 is 0 Å². The fourth-order valence-electron chi connectivity index (χ4n) is 3.37. The van der Waals surface area contributed by atoms with Gasteiger partial charge in [0.25, 0.3) is 0 Å². The number of piperazine rings is 1. The molecule has 0 spiro atoms. The molecule has 0 bridgehead atoms. The Morgan fingerprint density at radius 1 is 0.913 bits per heavy atom. The van der Waals surface area contributed by atoms with Gasteiger partial charge in [0.1, 0.15) is 0 Å². The van der Waals surface area contributed by atoms with Crippen LogP contribution in [0.2, 0.25) is 0 Å². The molecule has 1 saturated heterocycles. The molecule has 1 aromatic carbocycles. The SMILES string of the molecule is CC(C)(C)Cc1cc(CN2CCNCC2)cc(CC(C)(C)S)c1. The predicted molar refractivity (Wildman–Crippen MR) is 105 cm³/mol. The van der Waals surface area contributed by atoms with Gasteiger partial charge < -0.3 is 5.32 Å². The average molecular weight is 335 g/mol. The van der Waals surface area contributed by atoms with Crippen LogP contribution in [0.1, 0.15) is 51.3 Å². The summed E-state index contributed by atoms with van der Waals surface area (Å²) >= 11 is 4.73. The first kappa shape index (κ1) is 18.8. The Morgan fingerprint density at radius 3 is 1.96 bits per heavy atom. The molecule has 1 aliphatic heterocycles. The van der Waals surface area contributed by atoms with E-state index in [1.165, 1.54) is 16.7 Å². The monoisotopic (exact) mass is 334 g/mol. The van der Waals surface area contributed by atoms with Crippen molar-refractivity contribution in [3.63, 3.8) is 0 Å². The third kappa shape index (κ3) is 7.28. The highest BCUT2D eigenvalue weighted by molar-refractivity contribution is 7.81. The molecule has 1 aliphatic rings. The highest BCUT2D eigenvalue weighted by Gasteiger charge is 2.17. The van der Waals surface area contributed by atoms with Gasteiger partial charge in [0.05, 0.1) is 0 Å². The van der Waals surface area contributed by atoms with E-state index < -0.39 is 0 Å². The predicted octanol–water partition coefficient (Wildman–Crippen LogP) is 3.93. The molecule has 130 valence electrons. The van der Waals surface area contributed by atoms with Crippen LogP contribution in [0.25, 0.3) is 0 Å². The summed E-state index contributed by atoms with van der Waals surface area (Å²) in [6.45, 7) is 16.9.